The average molecular weight is 237 g/mol. The molecule has 0 aliphatic heterocycles. The van der Waals surface area contributed by atoms with E-state index in [-0.39, 0.29) is 0 Å². The van der Waals surface area contributed by atoms with E-state index in [1.54, 1.807) is 0 Å². The van der Waals surface area contributed by atoms with Gasteiger partial charge in [0.15, 0.2) is 0 Å². The van der Waals surface area contributed by atoms with Crippen molar-refractivity contribution in [1.82, 2.24) is 0 Å². The van der Waals surface area contributed by atoms with Gasteiger partial charge in [0, 0.05) is 6.42 Å². The van der Waals surface area contributed by atoms with Gasteiger partial charge in [-0.1, -0.05) is 18.2 Å². The van der Waals surface area contributed by atoms with Crippen molar-refractivity contribution < 1.29 is 22.0 Å². The van der Waals surface area contributed by atoms with Crippen LogP contribution in [0.4, 0.5) is 22.0 Å². The van der Waals surface area contributed by atoms with Crippen molar-refractivity contribution in [2.45, 2.75) is 24.1 Å². The van der Waals surface area contributed by atoms with Crippen LogP contribution in [-0.4, -0.2) is 5.92 Å². The predicted octanol–water partition coefficient (Wildman–Crippen LogP) is 2.90. The Morgan fingerprint density at radius 2 is 1.62 bits per heavy atom. The molecular weight excluding hydrogens is 229 g/mol. The summed E-state index contributed by atoms with van der Waals surface area (Å²) in [5.41, 5.74) is 1.50. The van der Waals surface area contributed by atoms with E-state index in [9.17, 15) is 22.0 Å². The lowest BCUT2D eigenvalue weighted by Gasteiger charge is -2.17. The topological polar surface area (TPSA) is 26.0 Å². The first-order valence-electron chi connectivity index (χ1n) is 4.52. The number of rotatable bonds is 1. The second-order valence-corrected chi connectivity index (χ2v) is 3.90. The van der Waals surface area contributed by atoms with Crippen molar-refractivity contribution in [1.29, 1.82) is 0 Å². The van der Waals surface area contributed by atoms with Crippen LogP contribution in [0.5, 0.6) is 0 Å². The monoisotopic (exact) mass is 237 g/mol. The Kier molecular flexibility index (Phi) is 2.08. The molecule has 6 heteroatoms. The van der Waals surface area contributed by atoms with Crippen LogP contribution in [0.25, 0.3) is 0 Å². The van der Waals surface area contributed by atoms with Crippen molar-refractivity contribution in [3.8, 4) is 0 Å². The molecule has 0 amide bonds. The molecule has 1 aromatic carbocycles. The third-order valence-electron chi connectivity index (χ3n) is 2.74. The molecule has 1 fully saturated rings. The Morgan fingerprint density at radius 1 is 1.12 bits per heavy atom. The molecule has 0 bridgehead atoms. The smallest absolute Gasteiger partial charge is 0.316 e. The van der Waals surface area contributed by atoms with Crippen LogP contribution in [0.1, 0.15) is 17.5 Å². The highest BCUT2D eigenvalue weighted by Gasteiger charge is 2.71. The SMILES string of the molecule is NC1(c2ccccc2C(F)(F)F)CC1(F)F. The lowest BCUT2D eigenvalue weighted by atomic mass is 9.98. The quantitative estimate of drug-likeness (QED) is 0.747. The third-order valence-corrected chi connectivity index (χ3v) is 2.74. The summed E-state index contributed by atoms with van der Waals surface area (Å²) in [7, 11) is 0. The minimum Gasteiger partial charge on any atom is -0.316 e. The molecule has 1 aliphatic carbocycles. The maximum Gasteiger partial charge on any atom is 0.416 e. The van der Waals surface area contributed by atoms with Gasteiger partial charge in [-0.2, -0.15) is 13.2 Å². The van der Waals surface area contributed by atoms with E-state index < -0.39 is 35.2 Å². The van der Waals surface area contributed by atoms with Gasteiger partial charge in [0.2, 0.25) is 0 Å². The zero-order chi connectivity index (χ0) is 12.2. The first kappa shape index (κ1) is 11.3. The molecule has 1 nitrogen and oxygen atoms in total. The molecule has 1 unspecified atom stereocenters. The minimum absolute atomic E-state index is 0.535. The summed E-state index contributed by atoms with van der Waals surface area (Å²) in [5, 5.41) is 0. The van der Waals surface area contributed by atoms with Crippen molar-refractivity contribution in [2.24, 2.45) is 5.73 Å². The highest BCUT2D eigenvalue weighted by molar-refractivity contribution is 5.43. The van der Waals surface area contributed by atoms with Crippen LogP contribution in [0.15, 0.2) is 24.3 Å². The van der Waals surface area contributed by atoms with Gasteiger partial charge in [-0.25, -0.2) is 8.78 Å². The van der Waals surface area contributed by atoms with Gasteiger partial charge in [0.05, 0.1) is 5.56 Å². The number of nitrogens with two attached hydrogens (primary N) is 1. The van der Waals surface area contributed by atoms with Gasteiger partial charge in [-0.15, -0.1) is 0 Å². The van der Waals surface area contributed by atoms with E-state index >= 15 is 0 Å². The standard InChI is InChI=1S/C10H8F5N/c11-9(12)5-8(9,16)6-3-1-2-4-7(6)10(13,14)15/h1-4H,5,16H2. The maximum atomic E-state index is 12.9. The van der Waals surface area contributed by atoms with E-state index in [1.165, 1.54) is 6.07 Å². The fraction of sp³-hybridized carbons (Fsp3) is 0.400. The Bertz CT molecular complexity index is 425. The van der Waals surface area contributed by atoms with Crippen LogP contribution in [-0.2, 0) is 11.7 Å². The number of hydrogen-bond donors (Lipinski definition) is 1. The summed E-state index contributed by atoms with van der Waals surface area (Å²) in [6.45, 7) is 0. The molecule has 2 rings (SSSR count). The molecule has 1 atom stereocenters. The summed E-state index contributed by atoms with van der Waals surface area (Å²) in [6, 6.07) is 4.19. The fourth-order valence-corrected chi connectivity index (χ4v) is 1.72. The molecule has 88 valence electrons. The molecular formula is C10H8F5N. The second kappa shape index (κ2) is 2.94. The van der Waals surface area contributed by atoms with Crippen LogP contribution < -0.4 is 5.73 Å². The Hall–Kier alpha value is -1.17. The van der Waals surface area contributed by atoms with Crippen molar-refractivity contribution in [3.63, 3.8) is 0 Å². The number of benzene rings is 1. The Balaban J connectivity index is 2.52. The van der Waals surface area contributed by atoms with Crippen LogP contribution in [0, 0.1) is 0 Å². The summed E-state index contributed by atoms with van der Waals surface area (Å²) < 4.78 is 63.6. The maximum absolute atomic E-state index is 12.9. The number of halogens is 5. The van der Waals surface area contributed by atoms with Gasteiger partial charge in [-0.05, 0) is 11.6 Å². The summed E-state index contributed by atoms with van der Waals surface area (Å²) in [4.78, 5) is 0. The van der Waals surface area contributed by atoms with Crippen LogP contribution >= 0.6 is 0 Å². The minimum atomic E-state index is -4.67. The molecule has 0 heterocycles. The van der Waals surface area contributed by atoms with Crippen molar-refractivity contribution in [3.05, 3.63) is 35.4 Å². The fourth-order valence-electron chi connectivity index (χ4n) is 1.72. The van der Waals surface area contributed by atoms with Gasteiger partial charge in [0.25, 0.3) is 5.92 Å². The highest BCUT2D eigenvalue weighted by Crippen LogP contribution is 2.59. The zero-order valence-corrected chi connectivity index (χ0v) is 7.98. The second-order valence-electron chi connectivity index (χ2n) is 3.90. The van der Waals surface area contributed by atoms with Gasteiger partial charge in [0.1, 0.15) is 5.54 Å². The van der Waals surface area contributed by atoms with E-state index in [2.05, 4.69) is 0 Å². The molecule has 0 spiro atoms. The normalized spacial score (nSPS) is 27.9. The van der Waals surface area contributed by atoms with E-state index in [0.29, 0.717) is 0 Å². The molecule has 0 saturated heterocycles. The molecule has 2 N–H and O–H groups in total. The van der Waals surface area contributed by atoms with Crippen molar-refractivity contribution in [2.75, 3.05) is 0 Å². The summed E-state index contributed by atoms with van der Waals surface area (Å²) >= 11 is 0. The largest absolute Gasteiger partial charge is 0.416 e. The third kappa shape index (κ3) is 1.48. The summed E-state index contributed by atoms with van der Waals surface area (Å²) in [6.07, 6.45) is -5.41. The molecule has 16 heavy (non-hydrogen) atoms. The zero-order valence-electron chi connectivity index (χ0n) is 7.98. The molecule has 0 aromatic heterocycles. The van der Waals surface area contributed by atoms with Crippen LogP contribution in [0.2, 0.25) is 0 Å². The first-order valence-corrected chi connectivity index (χ1v) is 4.52. The first-order chi connectivity index (χ1) is 7.18. The van der Waals surface area contributed by atoms with Gasteiger partial charge in [-0.3, -0.25) is 0 Å². The molecule has 1 aliphatic rings. The average Bonchev–Trinajstić information content (AvgIpc) is 2.66. The molecule has 1 saturated carbocycles. The molecule has 1 aromatic rings. The van der Waals surface area contributed by atoms with Crippen molar-refractivity contribution >= 4 is 0 Å². The van der Waals surface area contributed by atoms with Gasteiger partial charge >= 0.3 is 6.18 Å². The van der Waals surface area contributed by atoms with Crippen LogP contribution in [0.3, 0.4) is 0 Å². The van der Waals surface area contributed by atoms with E-state index in [4.69, 9.17) is 5.73 Å². The Morgan fingerprint density at radius 3 is 2.06 bits per heavy atom. The van der Waals surface area contributed by atoms with Gasteiger partial charge < -0.3 is 5.73 Å². The highest BCUT2D eigenvalue weighted by atomic mass is 19.4. The Labute approximate surface area is 88.1 Å². The van der Waals surface area contributed by atoms with E-state index in [1.807, 2.05) is 0 Å². The number of hydrogen-bond acceptors (Lipinski definition) is 1. The van der Waals surface area contributed by atoms with E-state index in [0.717, 1.165) is 18.2 Å². The summed E-state index contributed by atoms with van der Waals surface area (Å²) in [5.74, 6) is -3.26. The number of alkyl halides is 5. The predicted molar refractivity (Wildman–Crippen MR) is 46.9 cm³/mol. The molecule has 0 radical (unpaired) electrons. The lowest BCUT2D eigenvalue weighted by molar-refractivity contribution is -0.138. The lowest BCUT2D eigenvalue weighted by Crippen LogP contribution is -2.30.